The summed E-state index contributed by atoms with van der Waals surface area (Å²) in [5.41, 5.74) is 2.51. The molecule has 3 aromatic rings. The maximum atomic E-state index is 12.2. The fourth-order valence-corrected chi connectivity index (χ4v) is 4.83. The zero-order valence-electron chi connectivity index (χ0n) is 20.4. The van der Waals surface area contributed by atoms with Gasteiger partial charge in [0.15, 0.2) is 5.11 Å². The number of rotatable bonds is 4. The third-order valence-electron chi connectivity index (χ3n) is 6.44. The minimum atomic E-state index is -1.07. The highest BCUT2D eigenvalue weighted by molar-refractivity contribution is 7.80. The molecule has 0 spiro atoms. The van der Waals surface area contributed by atoms with E-state index < -0.39 is 5.60 Å². The van der Waals surface area contributed by atoms with E-state index in [9.17, 15) is 5.11 Å². The molecule has 0 bridgehead atoms. The smallest absolute Gasteiger partial charge is 0.229 e. The standard InChI is InChI=1S/C27H32N6OS/c1-19-18-20(2)30-24(29-19)31-25(32-26(35)28-3)33-16-14-23(15-17-33)27(34,21-10-6-4-7-11-21)22-12-8-5-9-13-22/h4-13,18,23,34H,14-17H2,1-3H3,(H2,28,29,30,31,32,35). The molecule has 1 aromatic heterocycles. The van der Waals surface area contributed by atoms with Crippen LogP contribution in [0.25, 0.3) is 0 Å². The molecule has 0 aliphatic carbocycles. The van der Waals surface area contributed by atoms with Crippen LogP contribution in [0.5, 0.6) is 0 Å². The lowest BCUT2D eigenvalue weighted by Gasteiger charge is -2.43. The third kappa shape index (κ3) is 5.66. The number of nitrogens with one attached hydrogen (secondary N) is 2. The van der Waals surface area contributed by atoms with E-state index >= 15 is 0 Å². The Morgan fingerprint density at radius 3 is 1.97 bits per heavy atom. The lowest BCUT2D eigenvalue weighted by molar-refractivity contribution is -0.00653. The Kier molecular flexibility index (Phi) is 7.73. The summed E-state index contributed by atoms with van der Waals surface area (Å²) in [5, 5.41) is 18.7. The summed E-state index contributed by atoms with van der Waals surface area (Å²) >= 11 is 5.33. The largest absolute Gasteiger partial charge is 0.380 e. The lowest BCUT2D eigenvalue weighted by Crippen LogP contribution is -2.48. The Hall–Kier alpha value is -3.36. The number of thiocarbonyl (C=S) groups is 1. The highest BCUT2D eigenvalue weighted by atomic mass is 32.1. The number of guanidine groups is 1. The van der Waals surface area contributed by atoms with E-state index in [-0.39, 0.29) is 5.92 Å². The fraction of sp³-hybridized carbons (Fsp3) is 0.333. The van der Waals surface area contributed by atoms with Crippen LogP contribution in [0.1, 0.15) is 35.4 Å². The van der Waals surface area contributed by atoms with Crippen molar-refractivity contribution < 1.29 is 5.11 Å². The van der Waals surface area contributed by atoms with Crippen molar-refractivity contribution in [1.82, 2.24) is 20.2 Å². The van der Waals surface area contributed by atoms with Crippen LogP contribution in [-0.4, -0.2) is 51.2 Å². The van der Waals surface area contributed by atoms with E-state index in [1.807, 2.05) is 80.6 Å². The van der Waals surface area contributed by atoms with Gasteiger partial charge < -0.3 is 15.3 Å². The van der Waals surface area contributed by atoms with E-state index in [1.165, 1.54) is 0 Å². The van der Waals surface area contributed by atoms with Crippen molar-refractivity contribution in [1.29, 1.82) is 0 Å². The number of aliphatic hydroxyl groups is 1. The normalized spacial score (nSPS) is 15.1. The predicted octanol–water partition coefficient (Wildman–Crippen LogP) is 4.01. The summed E-state index contributed by atoms with van der Waals surface area (Å²) < 4.78 is 0. The van der Waals surface area contributed by atoms with Crippen LogP contribution in [0, 0.1) is 19.8 Å². The van der Waals surface area contributed by atoms with Crippen LogP contribution >= 0.6 is 12.2 Å². The number of aliphatic imine (C=N–C) groups is 1. The molecule has 3 N–H and O–H groups in total. The van der Waals surface area contributed by atoms with E-state index in [0.29, 0.717) is 30.1 Å². The molecule has 1 saturated heterocycles. The van der Waals surface area contributed by atoms with Crippen molar-refractivity contribution in [3.05, 3.63) is 89.2 Å². The van der Waals surface area contributed by atoms with Crippen LogP contribution in [0.15, 0.2) is 71.7 Å². The van der Waals surface area contributed by atoms with Crippen molar-refractivity contribution in [3.8, 4) is 0 Å². The molecule has 35 heavy (non-hydrogen) atoms. The number of aromatic nitrogens is 2. The van der Waals surface area contributed by atoms with Gasteiger partial charge in [-0.3, -0.25) is 5.32 Å². The minimum absolute atomic E-state index is 0.0403. The molecular formula is C27H32N6OS. The van der Waals surface area contributed by atoms with Crippen molar-refractivity contribution >= 4 is 29.2 Å². The Morgan fingerprint density at radius 2 is 1.49 bits per heavy atom. The second kappa shape index (κ2) is 10.9. The van der Waals surface area contributed by atoms with Gasteiger partial charge in [0.2, 0.25) is 11.9 Å². The molecule has 0 radical (unpaired) electrons. The maximum Gasteiger partial charge on any atom is 0.229 e. The number of anilines is 1. The number of likely N-dealkylation sites (tertiary alicyclic amines) is 1. The number of aryl methyl sites for hydroxylation is 2. The van der Waals surface area contributed by atoms with E-state index in [2.05, 4.69) is 30.5 Å². The first-order valence-corrected chi connectivity index (χ1v) is 12.3. The van der Waals surface area contributed by atoms with Crippen LogP contribution < -0.4 is 10.6 Å². The molecule has 1 aliphatic rings. The summed E-state index contributed by atoms with van der Waals surface area (Å²) in [7, 11) is 1.75. The first-order valence-electron chi connectivity index (χ1n) is 11.9. The molecule has 0 saturated carbocycles. The Labute approximate surface area is 212 Å². The molecular weight excluding hydrogens is 456 g/mol. The Bertz CT molecular complexity index is 1120. The molecule has 2 heterocycles. The summed E-state index contributed by atoms with van der Waals surface area (Å²) in [6.07, 6.45) is 1.56. The average molecular weight is 489 g/mol. The SMILES string of the molecule is CNC(=S)/N=C(/Nc1nc(C)cc(C)n1)N1CCC(C(O)(c2ccccc2)c2ccccc2)CC1. The summed E-state index contributed by atoms with van der Waals surface area (Å²) in [6.45, 7) is 5.29. The van der Waals surface area contributed by atoms with Crippen LogP contribution in [0.2, 0.25) is 0 Å². The summed E-state index contributed by atoms with van der Waals surface area (Å²) in [4.78, 5) is 15.7. The van der Waals surface area contributed by atoms with E-state index in [1.54, 1.807) is 7.05 Å². The van der Waals surface area contributed by atoms with Gasteiger partial charge in [-0.15, -0.1) is 0 Å². The molecule has 182 valence electrons. The van der Waals surface area contributed by atoms with Crippen LogP contribution in [0.3, 0.4) is 0 Å². The van der Waals surface area contributed by atoms with Gasteiger partial charge in [0.05, 0.1) is 0 Å². The van der Waals surface area contributed by atoms with Gasteiger partial charge >= 0.3 is 0 Å². The number of hydrogen-bond acceptors (Lipinski definition) is 4. The second-order valence-corrected chi connectivity index (χ2v) is 9.24. The first kappa shape index (κ1) is 24.8. The topological polar surface area (TPSA) is 85.7 Å². The molecule has 2 aromatic carbocycles. The lowest BCUT2D eigenvalue weighted by atomic mass is 9.72. The number of hydrogen-bond donors (Lipinski definition) is 3. The first-order chi connectivity index (χ1) is 16.9. The van der Waals surface area contributed by atoms with Crippen LogP contribution in [-0.2, 0) is 5.60 Å². The van der Waals surface area contributed by atoms with Gasteiger partial charge in [-0.2, -0.15) is 4.99 Å². The second-order valence-electron chi connectivity index (χ2n) is 8.85. The van der Waals surface area contributed by atoms with Gasteiger partial charge in [0.1, 0.15) is 5.60 Å². The highest BCUT2D eigenvalue weighted by Crippen LogP contribution is 2.41. The Morgan fingerprint density at radius 1 is 0.971 bits per heavy atom. The molecule has 8 heteroatoms. The molecule has 1 fully saturated rings. The summed E-state index contributed by atoms with van der Waals surface area (Å²) in [5.74, 6) is 1.14. The van der Waals surface area contributed by atoms with E-state index in [4.69, 9.17) is 12.2 Å². The van der Waals surface area contributed by atoms with Gasteiger partial charge in [-0.05, 0) is 62.0 Å². The molecule has 0 amide bonds. The Balaban J connectivity index is 1.58. The van der Waals surface area contributed by atoms with Crippen molar-refractivity contribution in [2.75, 3.05) is 25.5 Å². The number of nitrogens with zero attached hydrogens (tertiary/aromatic N) is 4. The molecule has 0 unspecified atom stereocenters. The van der Waals surface area contributed by atoms with Gasteiger partial charge in [-0.25, -0.2) is 9.97 Å². The van der Waals surface area contributed by atoms with E-state index in [0.717, 1.165) is 35.4 Å². The molecule has 1 aliphatic heterocycles. The highest BCUT2D eigenvalue weighted by Gasteiger charge is 2.42. The van der Waals surface area contributed by atoms with Gasteiger partial charge in [-0.1, -0.05) is 60.7 Å². The zero-order valence-corrected chi connectivity index (χ0v) is 21.2. The van der Waals surface area contributed by atoms with Crippen LogP contribution in [0.4, 0.5) is 5.95 Å². The number of piperidine rings is 1. The fourth-order valence-electron chi connectivity index (χ4n) is 4.74. The minimum Gasteiger partial charge on any atom is -0.380 e. The van der Waals surface area contributed by atoms with Crippen molar-refractivity contribution in [2.24, 2.45) is 10.9 Å². The summed E-state index contributed by atoms with van der Waals surface area (Å²) in [6, 6.07) is 21.9. The molecule has 4 rings (SSSR count). The molecule has 0 atom stereocenters. The van der Waals surface area contributed by atoms with Gasteiger partial charge in [0, 0.05) is 31.5 Å². The third-order valence-corrected chi connectivity index (χ3v) is 6.74. The average Bonchev–Trinajstić information content (AvgIpc) is 2.88. The van der Waals surface area contributed by atoms with Crippen molar-refractivity contribution in [2.45, 2.75) is 32.3 Å². The quantitative estimate of drug-likeness (QED) is 0.291. The van der Waals surface area contributed by atoms with Gasteiger partial charge in [0.25, 0.3) is 0 Å². The predicted molar refractivity (Wildman–Crippen MR) is 144 cm³/mol. The zero-order chi connectivity index (χ0) is 24.8. The monoisotopic (exact) mass is 488 g/mol. The maximum absolute atomic E-state index is 12.2. The number of benzene rings is 2. The van der Waals surface area contributed by atoms with Crippen molar-refractivity contribution in [3.63, 3.8) is 0 Å². The molecule has 7 nitrogen and oxygen atoms in total.